The fourth-order valence-corrected chi connectivity index (χ4v) is 0. The quantitative estimate of drug-likeness (QED) is 0.383. The molecule has 0 bridgehead atoms. The predicted molar refractivity (Wildman–Crippen MR) is 29.8 cm³/mol. The zero-order chi connectivity index (χ0) is 5.15. The summed E-state index contributed by atoms with van der Waals surface area (Å²) in [7, 11) is 0. The Hall–Kier alpha value is 0.337. The van der Waals surface area contributed by atoms with Crippen LogP contribution in [-0.2, 0) is 0 Å². The fourth-order valence-electron chi connectivity index (χ4n) is 0. The second kappa shape index (κ2) is 2.50. The average molecular weight is 76.1 g/mol. The molecule has 0 atom stereocenters. The first-order chi connectivity index (χ1) is 2.64. The first kappa shape index (κ1) is 6.34. The third-order valence-corrected chi connectivity index (χ3v) is 1.00. The van der Waals surface area contributed by atoms with Crippen LogP contribution in [0.3, 0.4) is 0 Å². The molecule has 0 amide bonds. The van der Waals surface area contributed by atoms with Gasteiger partial charge in [0.2, 0.25) is 0 Å². The Labute approximate surface area is 48.8 Å². The van der Waals surface area contributed by atoms with Gasteiger partial charge >= 0.3 is 48.3 Å². The zero-order valence-corrected chi connectivity index (χ0v) is 5.00. The molecule has 0 N–H and O–H groups in total. The summed E-state index contributed by atoms with van der Waals surface area (Å²) in [5.41, 5.74) is 1.43. The minimum atomic E-state index is 1.43. The Morgan fingerprint density at radius 2 is 1.33 bits per heavy atom. The third kappa shape index (κ3) is 2.57. The van der Waals surface area contributed by atoms with Crippen LogP contribution in [0.25, 0.3) is 0 Å². The number of allylic oxidation sites excluding steroid dienone is 2. The van der Waals surface area contributed by atoms with Gasteiger partial charge in [-0.3, -0.25) is 0 Å². The van der Waals surface area contributed by atoms with E-state index in [2.05, 4.69) is 38.5 Å². The van der Waals surface area contributed by atoms with E-state index in [4.69, 9.17) is 0 Å². The van der Waals surface area contributed by atoms with Gasteiger partial charge in [0.15, 0.2) is 0 Å². The molecule has 0 rings (SSSR count). The predicted octanol–water partition coefficient (Wildman–Crippen LogP) is 1.47. The van der Waals surface area contributed by atoms with Crippen molar-refractivity contribution >= 4 is 17.7 Å². The molecule has 0 aliphatic rings. The Morgan fingerprint density at radius 3 is 1.33 bits per heavy atom. The van der Waals surface area contributed by atoms with Gasteiger partial charge in [-0.15, -0.1) is 0 Å². The summed E-state index contributed by atoms with van der Waals surface area (Å²) < 4.78 is 1.43. The Morgan fingerprint density at radius 1 is 1.17 bits per heavy atom. The van der Waals surface area contributed by atoms with Crippen LogP contribution in [-0.4, -0.2) is 17.7 Å². The van der Waals surface area contributed by atoms with E-state index in [1.54, 1.807) is 0 Å². The van der Waals surface area contributed by atoms with Crippen molar-refractivity contribution in [2.45, 2.75) is 20.8 Å². The van der Waals surface area contributed by atoms with Crippen molar-refractivity contribution in [1.82, 2.24) is 0 Å². The Kier molecular flexibility index (Phi) is 2.64. The topological polar surface area (TPSA) is 0 Å². The molecule has 0 unspecified atom stereocenters. The van der Waals surface area contributed by atoms with Gasteiger partial charge < -0.3 is 0 Å². The van der Waals surface area contributed by atoms with Gasteiger partial charge in [0.1, 0.15) is 0 Å². The molecule has 30 valence electrons. The van der Waals surface area contributed by atoms with Crippen LogP contribution in [0.1, 0.15) is 20.8 Å². The van der Waals surface area contributed by atoms with Crippen molar-refractivity contribution in [2.24, 2.45) is 0 Å². The summed E-state index contributed by atoms with van der Waals surface area (Å²) in [5.74, 6) is 0. The summed E-state index contributed by atoms with van der Waals surface area (Å²) in [6.07, 6.45) is 0. The van der Waals surface area contributed by atoms with E-state index in [0.717, 1.165) is 0 Å². The molecule has 0 saturated carbocycles. The number of hydrogen-bond donors (Lipinski definition) is 0. The molecule has 0 aromatic rings. The molecule has 0 aromatic carbocycles. The molecule has 0 aliphatic heterocycles. The Balaban J connectivity index is 3.68. The molecule has 0 aliphatic carbocycles. The molecule has 0 nitrogen and oxygen atoms in total. The summed E-state index contributed by atoms with van der Waals surface area (Å²) in [5, 5.41) is 0. The van der Waals surface area contributed by atoms with Crippen LogP contribution >= 0.6 is 0 Å². The van der Waals surface area contributed by atoms with Gasteiger partial charge in [0.25, 0.3) is 0 Å². The van der Waals surface area contributed by atoms with E-state index in [0.29, 0.717) is 0 Å². The first-order valence-corrected chi connectivity index (χ1v) is 2.25. The summed E-state index contributed by atoms with van der Waals surface area (Å²) in [4.78, 5) is 0. The van der Waals surface area contributed by atoms with Crippen molar-refractivity contribution in [3.05, 3.63) is 9.82 Å². The van der Waals surface area contributed by atoms with Gasteiger partial charge in [-0.25, -0.2) is 0 Å². The summed E-state index contributed by atoms with van der Waals surface area (Å²) >= 11 is 2.12. The second-order valence-electron chi connectivity index (χ2n) is 2.00. The van der Waals surface area contributed by atoms with E-state index < -0.39 is 0 Å². The van der Waals surface area contributed by atoms with E-state index in [1.165, 1.54) is 9.82 Å². The minimum absolute atomic E-state index is 1.43. The summed E-state index contributed by atoms with van der Waals surface area (Å²) in [6.45, 7) is 6.36. The van der Waals surface area contributed by atoms with Crippen molar-refractivity contribution < 1.29 is 0 Å². The Bertz CT molecular complexity index is 54.0. The molecule has 0 heterocycles. The van der Waals surface area contributed by atoms with Crippen molar-refractivity contribution in [1.29, 1.82) is 0 Å². The van der Waals surface area contributed by atoms with Crippen molar-refractivity contribution in [3.8, 4) is 0 Å². The van der Waals surface area contributed by atoms with E-state index in [-0.39, 0.29) is 0 Å². The van der Waals surface area contributed by atoms with Crippen LogP contribution in [0, 0.1) is 0 Å². The normalized spacial score (nSPS) is 8.17. The molecule has 0 fully saturated rings. The molecule has 6 heavy (non-hydrogen) atoms. The fraction of sp³-hybridized carbons (Fsp3) is 0.600. The summed E-state index contributed by atoms with van der Waals surface area (Å²) in [6, 6.07) is 0. The molecule has 0 radical (unpaired) electrons. The standard InChI is InChI=1S/C5H9.Li/c1-4-5(2)3;/h1-3H3;. The molecular weight excluding hydrogens is 67.0 g/mol. The van der Waals surface area contributed by atoms with Gasteiger partial charge in [-0.1, -0.05) is 0 Å². The van der Waals surface area contributed by atoms with Gasteiger partial charge in [0.05, 0.1) is 0 Å². The van der Waals surface area contributed by atoms with Crippen molar-refractivity contribution in [2.75, 3.05) is 0 Å². The van der Waals surface area contributed by atoms with Gasteiger partial charge in [-0.05, 0) is 0 Å². The maximum absolute atomic E-state index is 2.12. The second-order valence-corrected chi connectivity index (χ2v) is 2.00. The van der Waals surface area contributed by atoms with Crippen LogP contribution in [0.2, 0.25) is 0 Å². The van der Waals surface area contributed by atoms with E-state index in [1.807, 2.05) is 0 Å². The molecule has 0 aromatic heterocycles. The first-order valence-electron chi connectivity index (χ1n) is 2.25. The maximum atomic E-state index is 2.12. The molecule has 0 saturated heterocycles. The van der Waals surface area contributed by atoms with Crippen molar-refractivity contribution in [3.63, 3.8) is 0 Å². The van der Waals surface area contributed by atoms with Crippen LogP contribution < -0.4 is 0 Å². The van der Waals surface area contributed by atoms with Crippen LogP contribution in [0.15, 0.2) is 9.82 Å². The van der Waals surface area contributed by atoms with E-state index >= 15 is 0 Å². The molecular formula is C5H9Li. The third-order valence-electron chi connectivity index (χ3n) is 1.00. The molecule has 1 heteroatoms. The van der Waals surface area contributed by atoms with E-state index in [9.17, 15) is 0 Å². The van der Waals surface area contributed by atoms with Crippen LogP contribution in [0.4, 0.5) is 0 Å². The number of rotatable bonds is 0. The van der Waals surface area contributed by atoms with Gasteiger partial charge in [-0.2, -0.15) is 0 Å². The van der Waals surface area contributed by atoms with Crippen LogP contribution in [0.5, 0.6) is 0 Å². The zero-order valence-electron chi connectivity index (χ0n) is 5.00. The molecule has 0 spiro atoms. The van der Waals surface area contributed by atoms with Gasteiger partial charge in [0, 0.05) is 0 Å². The average Bonchev–Trinajstić information content (AvgIpc) is 1.36. The monoisotopic (exact) mass is 76.1 g/mol. The number of hydrogen-bond acceptors (Lipinski definition) is 0. The SMILES string of the molecule is [Li][C](C)=C(C)C.